The Morgan fingerprint density at radius 1 is 1.38 bits per heavy atom. The molecule has 1 aliphatic carbocycles. The van der Waals surface area contributed by atoms with Gasteiger partial charge >= 0.3 is 0 Å². The summed E-state index contributed by atoms with van der Waals surface area (Å²) in [7, 11) is 0. The fraction of sp³-hybridized carbons (Fsp3) is 0.917. The maximum absolute atomic E-state index is 11.6. The maximum atomic E-state index is 11.6. The molecule has 0 unspecified atom stereocenters. The lowest BCUT2D eigenvalue weighted by Gasteiger charge is -2.28. The van der Waals surface area contributed by atoms with Crippen LogP contribution in [0, 0.1) is 0 Å². The highest BCUT2D eigenvalue weighted by molar-refractivity contribution is 5.77. The van der Waals surface area contributed by atoms with Gasteiger partial charge in [0.2, 0.25) is 5.91 Å². The Morgan fingerprint density at radius 3 is 2.56 bits per heavy atom. The monoisotopic (exact) mass is 229 g/mol. The van der Waals surface area contributed by atoms with E-state index in [1.807, 2.05) is 20.8 Å². The largest absolute Gasteiger partial charge is 0.391 e. The van der Waals surface area contributed by atoms with E-state index in [-0.39, 0.29) is 24.2 Å². The van der Waals surface area contributed by atoms with Crippen molar-refractivity contribution in [3.63, 3.8) is 0 Å². The Bertz CT molecular complexity index is 235. The van der Waals surface area contributed by atoms with Gasteiger partial charge < -0.3 is 15.2 Å². The predicted molar refractivity (Wildman–Crippen MR) is 62.1 cm³/mol. The van der Waals surface area contributed by atoms with E-state index in [9.17, 15) is 9.90 Å². The number of hydrogen-bond donors (Lipinski definition) is 2. The van der Waals surface area contributed by atoms with Crippen molar-refractivity contribution in [2.45, 2.75) is 64.2 Å². The van der Waals surface area contributed by atoms with Crippen LogP contribution >= 0.6 is 0 Å². The number of rotatable bonds is 3. The molecule has 94 valence electrons. The van der Waals surface area contributed by atoms with Crippen molar-refractivity contribution in [3.05, 3.63) is 0 Å². The van der Waals surface area contributed by atoms with Crippen molar-refractivity contribution in [1.29, 1.82) is 0 Å². The first kappa shape index (κ1) is 13.5. The molecule has 0 aromatic heterocycles. The van der Waals surface area contributed by atoms with E-state index >= 15 is 0 Å². The van der Waals surface area contributed by atoms with Crippen LogP contribution in [0.25, 0.3) is 0 Å². The molecular formula is C12H23NO3. The Morgan fingerprint density at radius 2 is 2.00 bits per heavy atom. The van der Waals surface area contributed by atoms with E-state index in [1.165, 1.54) is 0 Å². The summed E-state index contributed by atoms with van der Waals surface area (Å²) in [6, 6.07) is -0.0928. The highest BCUT2D eigenvalue weighted by atomic mass is 16.5. The van der Waals surface area contributed by atoms with Crippen LogP contribution in [-0.2, 0) is 9.53 Å². The molecule has 1 saturated carbocycles. The minimum atomic E-state index is -0.396. The van der Waals surface area contributed by atoms with Crippen LogP contribution in [0.3, 0.4) is 0 Å². The molecule has 1 aliphatic rings. The molecular weight excluding hydrogens is 206 g/mol. The molecule has 0 saturated heterocycles. The smallest absolute Gasteiger partial charge is 0.246 e. The standard InChI is InChI=1S/C12H23NO3/c1-12(2,3)16-8-11(15)13-9-6-4-5-7-10(9)14/h9-10,14H,4-8H2,1-3H3,(H,13,15)/t9-,10-/m0/s1. The zero-order valence-electron chi connectivity index (χ0n) is 10.5. The summed E-state index contributed by atoms with van der Waals surface area (Å²) in [6.07, 6.45) is 3.37. The average Bonchev–Trinajstić information content (AvgIpc) is 2.18. The van der Waals surface area contributed by atoms with Gasteiger partial charge in [0, 0.05) is 0 Å². The van der Waals surface area contributed by atoms with Gasteiger partial charge in [-0.15, -0.1) is 0 Å². The zero-order valence-corrected chi connectivity index (χ0v) is 10.5. The maximum Gasteiger partial charge on any atom is 0.246 e. The van der Waals surface area contributed by atoms with Crippen LogP contribution in [-0.4, -0.2) is 35.4 Å². The van der Waals surface area contributed by atoms with Crippen LogP contribution in [0.15, 0.2) is 0 Å². The number of ether oxygens (including phenoxy) is 1. The Balaban J connectivity index is 2.28. The molecule has 0 aromatic rings. The lowest BCUT2D eigenvalue weighted by atomic mass is 9.92. The van der Waals surface area contributed by atoms with E-state index in [2.05, 4.69) is 5.32 Å². The number of carbonyl (C=O) groups excluding carboxylic acids is 1. The Hall–Kier alpha value is -0.610. The van der Waals surface area contributed by atoms with Crippen molar-refractivity contribution in [1.82, 2.24) is 5.32 Å². The lowest BCUT2D eigenvalue weighted by Crippen LogP contribution is -2.46. The van der Waals surface area contributed by atoms with Crippen LogP contribution < -0.4 is 5.32 Å². The van der Waals surface area contributed by atoms with Gasteiger partial charge in [-0.25, -0.2) is 0 Å². The molecule has 2 N–H and O–H groups in total. The quantitative estimate of drug-likeness (QED) is 0.765. The highest BCUT2D eigenvalue weighted by Gasteiger charge is 2.24. The van der Waals surface area contributed by atoms with Gasteiger partial charge in [0.1, 0.15) is 6.61 Å². The van der Waals surface area contributed by atoms with Crippen LogP contribution in [0.4, 0.5) is 0 Å². The first-order valence-corrected chi connectivity index (χ1v) is 6.00. The minimum absolute atomic E-state index is 0.0622. The summed E-state index contributed by atoms with van der Waals surface area (Å²) in [5.41, 5.74) is -0.303. The van der Waals surface area contributed by atoms with Gasteiger partial charge in [0.15, 0.2) is 0 Å². The number of nitrogens with one attached hydrogen (secondary N) is 1. The molecule has 0 spiro atoms. The molecule has 0 heterocycles. The molecule has 1 fully saturated rings. The number of amides is 1. The normalized spacial score (nSPS) is 26.5. The van der Waals surface area contributed by atoms with E-state index in [1.54, 1.807) is 0 Å². The molecule has 4 heteroatoms. The third-order valence-corrected chi connectivity index (χ3v) is 2.71. The molecule has 1 rings (SSSR count). The van der Waals surface area contributed by atoms with Gasteiger partial charge in [-0.2, -0.15) is 0 Å². The van der Waals surface area contributed by atoms with Gasteiger partial charge in [-0.3, -0.25) is 4.79 Å². The zero-order chi connectivity index (χ0) is 12.2. The molecule has 16 heavy (non-hydrogen) atoms. The summed E-state index contributed by atoms with van der Waals surface area (Å²) >= 11 is 0. The predicted octanol–water partition coefficient (Wildman–Crippen LogP) is 1.22. The second-order valence-corrected chi connectivity index (χ2v) is 5.43. The molecule has 0 radical (unpaired) electrons. The van der Waals surface area contributed by atoms with Crippen LogP contribution in [0.1, 0.15) is 46.5 Å². The molecule has 0 aliphatic heterocycles. The molecule has 2 atom stereocenters. The van der Waals surface area contributed by atoms with Crippen molar-refractivity contribution in [3.8, 4) is 0 Å². The fourth-order valence-corrected chi connectivity index (χ4v) is 1.81. The van der Waals surface area contributed by atoms with Crippen LogP contribution in [0.2, 0.25) is 0 Å². The first-order chi connectivity index (χ1) is 7.38. The van der Waals surface area contributed by atoms with Crippen molar-refractivity contribution in [2.75, 3.05) is 6.61 Å². The van der Waals surface area contributed by atoms with Gasteiger partial charge in [-0.05, 0) is 33.6 Å². The van der Waals surface area contributed by atoms with Gasteiger partial charge in [0.25, 0.3) is 0 Å². The van der Waals surface area contributed by atoms with Crippen molar-refractivity contribution in [2.24, 2.45) is 0 Å². The summed E-state index contributed by atoms with van der Waals surface area (Å²) < 4.78 is 5.37. The molecule has 1 amide bonds. The number of aliphatic hydroxyl groups excluding tert-OH is 1. The van der Waals surface area contributed by atoms with Gasteiger partial charge in [0.05, 0.1) is 17.7 Å². The average molecular weight is 229 g/mol. The van der Waals surface area contributed by atoms with E-state index in [0.29, 0.717) is 0 Å². The van der Waals surface area contributed by atoms with E-state index in [0.717, 1.165) is 25.7 Å². The molecule has 0 aromatic carbocycles. The molecule has 4 nitrogen and oxygen atoms in total. The first-order valence-electron chi connectivity index (χ1n) is 6.00. The van der Waals surface area contributed by atoms with E-state index in [4.69, 9.17) is 4.74 Å². The van der Waals surface area contributed by atoms with Crippen molar-refractivity contribution >= 4 is 5.91 Å². The van der Waals surface area contributed by atoms with E-state index < -0.39 is 6.10 Å². The fourth-order valence-electron chi connectivity index (χ4n) is 1.81. The second-order valence-electron chi connectivity index (χ2n) is 5.43. The second kappa shape index (κ2) is 5.64. The minimum Gasteiger partial charge on any atom is -0.391 e. The number of carbonyl (C=O) groups is 1. The third kappa shape index (κ3) is 4.94. The Kier molecular flexibility index (Phi) is 4.74. The summed E-state index contributed by atoms with van der Waals surface area (Å²) in [4.78, 5) is 11.6. The van der Waals surface area contributed by atoms with Crippen molar-refractivity contribution < 1.29 is 14.6 Å². The topological polar surface area (TPSA) is 58.6 Å². The third-order valence-electron chi connectivity index (χ3n) is 2.71. The summed E-state index contributed by atoms with van der Waals surface area (Å²) in [6.45, 7) is 5.80. The highest BCUT2D eigenvalue weighted by Crippen LogP contribution is 2.18. The number of hydrogen-bond acceptors (Lipinski definition) is 3. The van der Waals surface area contributed by atoms with Crippen LogP contribution in [0.5, 0.6) is 0 Å². The lowest BCUT2D eigenvalue weighted by molar-refractivity contribution is -0.132. The van der Waals surface area contributed by atoms with Gasteiger partial charge in [-0.1, -0.05) is 12.8 Å². The summed E-state index contributed by atoms with van der Waals surface area (Å²) in [5, 5.41) is 12.5. The SMILES string of the molecule is CC(C)(C)OCC(=O)N[C@H]1CCCC[C@@H]1O. The number of aliphatic hydroxyl groups is 1. The molecule has 0 bridgehead atoms. The summed E-state index contributed by atoms with van der Waals surface area (Å²) in [5.74, 6) is -0.138. The Labute approximate surface area is 97.4 Å².